The molecule has 1 rings (SSSR count). The van der Waals surface area contributed by atoms with E-state index < -0.39 is 0 Å². The Morgan fingerprint density at radius 3 is 2.73 bits per heavy atom. The molecular weight excluding hydrogens is 259 g/mol. The topological polar surface area (TPSA) is 9.23 Å². The van der Waals surface area contributed by atoms with Gasteiger partial charge in [-0.15, -0.1) is 0 Å². The second-order valence-corrected chi connectivity index (χ2v) is 4.91. The van der Waals surface area contributed by atoms with Gasteiger partial charge < -0.3 is 4.74 Å². The van der Waals surface area contributed by atoms with Crippen molar-refractivity contribution in [2.75, 3.05) is 11.9 Å². The van der Waals surface area contributed by atoms with Crippen molar-refractivity contribution in [3.63, 3.8) is 0 Å². The molecule has 0 fully saturated rings. The van der Waals surface area contributed by atoms with E-state index in [4.69, 9.17) is 4.74 Å². The maximum atomic E-state index is 12.8. The van der Waals surface area contributed by atoms with Gasteiger partial charge in [-0.05, 0) is 24.0 Å². The number of hydrogen-bond acceptors (Lipinski definition) is 1. The average Bonchev–Trinajstić information content (AvgIpc) is 2.18. The van der Waals surface area contributed by atoms with E-state index in [1.54, 1.807) is 12.1 Å². The third-order valence-corrected chi connectivity index (χ3v) is 3.72. The highest BCUT2D eigenvalue weighted by atomic mass is 79.9. The number of ether oxygens (including phenoxy) is 1. The lowest BCUT2D eigenvalue weighted by Crippen LogP contribution is -2.17. The van der Waals surface area contributed by atoms with Gasteiger partial charge in [0.2, 0.25) is 0 Å². The molecule has 0 amide bonds. The third-order valence-electron chi connectivity index (χ3n) is 2.21. The Bertz CT molecular complexity index is 312. The third kappa shape index (κ3) is 4.65. The number of rotatable bonds is 5. The molecule has 1 aromatic carbocycles. The molecule has 0 aromatic heterocycles. The van der Waals surface area contributed by atoms with Crippen LogP contribution in [0.4, 0.5) is 4.39 Å². The molecule has 0 heterocycles. The molecular formula is C12H16BrFO. The molecule has 0 aliphatic heterocycles. The van der Waals surface area contributed by atoms with E-state index in [0.717, 1.165) is 11.8 Å². The lowest BCUT2D eigenvalue weighted by atomic mass is 9.93. The van der Waals surface area contributed by atoms with Gasteiger partial charge in [0, 0.05) is 11.4 Å². The molecule has 0 saturated carbocycles. The van der Waals surface area contributed by atoms with Crippen molar-refractivity contribution in [2.45, 2.75) is 20.3 Å². The van der Waals surface area contributed by atoms with E-state index in [1.807, 2.05) is 0 Å². The van der Waals surface area contributed by atoms with Crippen molar-refractivity contribution < 1.29 is 9.13 Å². The molecule has 0 spiro atoms. The Hall–Kier alpha value is -0.570. The summed E-state index contributed by atoms with van der Waals surface area (Å²) >= 11 is 3.45. The molecule has 1 aromatic rings. The van der Waals surface area contributed by atoms with Crippen molar-refractivity contribution in [1.82, 2.24) is 0 Å². The summed E-state index contributed by atoms with van der Waals surface area (Å²) in [6.07, 6.45) is 0.939. The van der Waals surface area contributed by atoms with Crippen molar-refractivity contribution >= 4 is 15.9 Å². The first kappa shape index (κ1) is 12.5. The predicted molar refractivity (Wildman–Crippen MR) is 64.1 cm³/mol. The molecule has 0 atom stereocenters. The van der Waals surface area contributed by atoms with Crippen LogP contribution < -0.4 is 4.74 Å². The number of alkyl halides is 1. The molecule has 0 radical (unpaired) electrons. The zero-order valence-corrected chi connectivity index (χ0v) is 10.7. The number of hydrogen-bond donors (Lipinski definition) is 0. The minimum atomic E-state index is -0.257. The molecule has 3 heteroatoms. The van der Waals surface area contributed by atoms with Gasteiger partial charge in [-0.25, -0.2) is 4.39 Å². The van der Waals surface area contributed by atoms with Gasteiger partial charge in [-0.1, -0.05) is 35.8 Å². The largest absolute Gasteiger partial charge is 0.493 e. The highest BCUT2D eigenvalue weighted by molar-refractivity contribution is 9.09. The van der Waals surface area contributed by atoms with E-state index >= 15 is 0 Å². The Kier molecular flexibility index (Phi) is 4.58. The molecule has 0 aliphatic rings. The van der Waals surface area contributed by atoms with E-state index in [-0.39, 0.29) is 11.2 Å². The van der Waals surface area contributed by atoms with Crippen LogP contribution in [-0.2, 0) is 0 Å². The van der Waals surface area contributed by atoms with E-state index in [0.29, 0.717) is 12.4 Å². The van der Waals surface area contributed by atoms with Gasteiger partial charge in [-0.2, -0.15) is 0 Å². The maximum Gasteiger partial charge on any atom is 0.126 e. The Morgan fingerprint density at radius 1 is 1.40 bits per heavy atom. The highest BCUT2D eigenvalue weighted by Crippen LogP contribution is 2.23. The Labute approximate surface area is 98.8 Å². The van der Waals surface area contributed by atoms with Crippen LogP contribution >= 0.6 is 15.9 Å². The van der Waals surface area contributed by atoms with Crippen LogP contribution in [0.3, 0.4) is 0 Å². The summed E-state index contributed by atoms with van der Waals surface area (Å²) in [7, 11) is 0. The predicted octanol–water partition coefficient (Wildman–Crippen LogP) is 4.02. The summed E-state index contributed by atoms with van der Waals surface area (Å²) in [6, 6.07) is 6.24. The Balaban J connectivity index is 2.38. The summed E-state index contributed by atoms with van der Waals surface area (Å²) in [5, 5.41) is 0.937. The fraction of sp³-hybridized carbons (Fsp3) is 0.500. The molecule has 1 nitrogen and oxygen atoms in total. The minimum Gasteiger partial charge on any atom is -0.493 e. The zero-order chi connectivity index (χ0) is 11.3. The van der Waals surface area contributed by atoms with Crippen LogP contribution in [0.25, 0.3) is 0 Å². The first-order chi connectivity index (χ1) is 7.03. The monoisotopic (exact) mass is 274 g/mol. The second-order valence-electron chi connectivity index (χ2n) is 4.35. The van der Waals surface area contributed by atoms with Crippen molar-refractivity contribution in [3.8, 4) is 5.75 Å². The van der Waals surface area contributed by atoms with Crippen molar-refractivity contribution in [3.05, 3.63) is 30.1 Å². The smallest absolute Gasteiger partial charge is 0.126 e. The maximum absolute atomic E-state index is 12.8. The first-order valence-electron chi connectivity index (χ1n) is 4.98. The molecule has 0 unspecified atom stereocenters. The molecule has 0 bridgehead atoms. The van der Waals surface area contributed by atoms with Gasteiger partial charge in [0.25, 0.3) is 0 Å². The minimum absolute atomic E-state index is 0.216. The number of benzene rings is 1. The summed E-state index contributed by atoms with van der Waals surface area (Å²) in [4.78, 5) is 0. The molecule has 0 aliphatic carbocycles. The normalized spacial score (nSPS) is 11.5. The zero-order valence-electron chi connectivity index (χ0n) is 9.09. The lowest BCUT2D eigenvalue weighted by Gasteiger charge is -2.21. The van der Waals surface area contributed by atoms with Gasteiger partial charge >= 0.3 is 0 Å². The second kappa shape index (κ2) is 5.50. The van der Waals surface area contributed by atoms with E-state index in [1.165, 1.54) is 12.1 Å². The van der Waals surface area contributed by atoms with Crippen LogP contribution in [0.1, 0.15) is 20.3 Å². The fourth-order valence-corrected chi connectivity index (χ4v) is 1.35. The van der Waals surface area contributed by atoms with E-state index in [9.17, 15) is 4.39 Å². The van der Waals surface area contributed by atoms with Crippen LogP contribution in [0, 0.1) is 11.2 Å². The van der Waals surface area contributed by atoms with Gasteiger partial charge in [-0.3, -0.25) is 0 Å². The molecule has 84 valence electrons. The standard InChI is InChI=1S/C12H16BrFO/c1-12(2,9-13)6-7-15-11-5-3-4-10(14)8-11/h3-5,8H,6-7,9H2,1-2H3. The fourth-order valence-electron chi connectivity index (χ4n) is 1.07. The SMILES string of the molecule is CC(C)(CBr)CCOc1cccc(F)c1. The summed E-state index contributed by atoms with van der Waals surface area (Å²) in [5.74, 6) is 0.340. The van der Waals surface area contributed by atoms with Crippen LogP contribution in [0.2, 0.25) is 0 Å². The van der Waals surface area contributed by atoms with Gasteiger partial charge in [0.15, 0.2) is 0 Å². The summed E-state index contributed by atoms with van der Waals surface area (Å²) < 4.78 is 18.3. The first-order valence-corrected chi connectivity index (χ1v) is 6.10. The quantitative estimate of drug-likeness (QED) is 0.737. The highest BCUT2D eigenvalue weighted by Gasteiger charge is 2.15. The Morgan fingerprint density at radius 2 is 2.13 bits per heavy atom. The summed E-state index contributed by atoms with van der Waals surface area (Å²) in [6.45, 7) is 4.94. The number of halogens is 2. The van der Waals surface area contributed by atoms with Gasteiger partial charge in [0.05, 0.1) is 6.61 Å². The lowest BCUT2D eigenvalue weighted by molar-refractivity contribution is 0.246. The van der Waals surface area contributed by atoms with Crippen molar-refractivity contribution in [2.24, 2.45) is 5.41 Å². The van der Waals surface area contributed by atoms with Crippen molar-refractivity contribution in [1.29, 1.82) is 0 Å². The van der Waals surface area contributed by atoms with Crippen LogP contribution in [-0.4, -0.2) is 11.9 Å². The molecule has 15 heavy (non-hydrogen) atoms. The van der Waals surface area contributed by atoms with Gasteiger partial charge in [0.1, 0.15) is 11.6 Å². The molecule has 0 N–H and O–H groups in total. The van der Waals surface area contributed by atoms with Crippen LogP contribution in [0.5, 0.6) is 5.75 Å². The average molecular weight is 275 g/mol. The summed E-state index contributed by atoms with van der Waals surface area (Å²) in [5.41, 5.74) is 0.216. The van der Waals surface area contributed by atoms with Crippen LogP contribution in [0.15, 0.2) is 24.3 Å². The molecule has 0 saturated heterocycles. The van der Waals surface area contributed by atoms with E-state index in [2.05, 4.69) is 29.8 Å².